The Morgan fingerprint density at radius 1 is 1.11 bits per heavy atom. The van der Waals surface area contributed by atoms with Gasteiger partial charge in [0.1, 0.15) is 9.77 Å². The van der Waals surface area contributed by atoms with Crippen LogP contribution in [-0.2, 0) is 14.8 Å². The quantitative estimate of drug-likeness (QED) is 0.692. The lowest BCUT2D eigenvalue weighted by molar-refractivity contribution is -0.115. The Labute approximate surface area is 176 Å². The molecular formula is C17H18ClN3O4S3. The van der Waals surface area contributed by atoms with Crippen LogP contribution < -0.4 is 10.6 Å². The van der Waals surface area contributed by atoms with E-state index >= 15 is 0 Å². The number of anilines is 1. The molecule has 3 rings (SSSR count). The number of nitrogens with one attached hydrogen (secondary N) is 2. The van der Waals surface area contributed by atoms with Crippen LogP contribution in [0, 0.1) is 0 Å². The van der Waals surface area contributed by atoms with E-state index in [1.54, 1.807) is 41.4 Å². The zero-order chi connectivity index (χ0) is 20.1. The van der Waals surface area contributed by atoms with Gasteiger partial charge in [0.25, 0.3) is 5.91 Å². The summed E-state index contributed by atoms with van der Waals surface area (Å²) in [4.78, 5) is 24.6. The summed E-state index contributed by atoms with van der Waals surface area (Å²) in [6.07, 6.45) is 0. The van der Waals surface area contributed by atoms with Crippen LogP contribution in [0.1, 0.15) is 9.67 Å². The van der Waals surface area contributed by atoms with Gasteiger partial charge >= 0.3 is 0 Å². The number of hydrogen-bond acceptors (Lipinski definition) is 6. The second kappa shape index (κ2) is 9.27. The number of carbonyl (C=O) groups excluding carboxylic acids is 2. The first-order valence-corrected chi connectivity index (χ1v) is 12.2. The highest BCUT2D eigenvalue weighted by molar-refractivity contribution is 7.99. The van der Waals surface area contributed by atoms with E-state index in [1.165, 1.54) is 10.4 Å². The molecule has 2 N–H and O–H groups in total. The molecule has 28 heavy (non-hydrogen) atoms. The predicted octanol–water partition coefficient (Wildman–Crippen LogP) is 2.51. The molecule has 2 amide bonds. The van der Waals surface area contributed by atoms with Crippen molar-refractivity contribution in [2.45, 2.75) is 4.90 Å². The third-order valence-corrected chi connectivity index (χ3v) is 8.14. The normalized spacial score (nSPS) is 15.2. The molecule has 1 saturated heterocycles. The summed E-state index contributed by atoms with van der Waals surface area (Å²) in [6, 6.07) is 7.99. The number of thioether (sulfide) groups is 1. The van der Waals surface area contributed by atoms with Gasteiger partial charge in [0.05, 0.1) is 6.54 Å². The Hall–Kier alpha value is -1.59. The Balaban J connectivity index is 1.63. The molecular weight excluding hydrogens is 442 g/mol. The van der Waals surface area contributed by atoms with E-state index < -0.39 is 21.8 Å². The molecule has 0 saturated carbocycles. The minimum absolute atomic E-state index is 0.0139. The van der Waals surface area contributed by atoms with E-state index in [-0.39, 0.29) is 16.3 Å². The summed E-state index contributed by atoms with van der Waals surface area (Å²) in [5, 5.41) is 7.22. The summed E-state index contributed by atoms with van der Waals surface area (Å²) < 4.78 is 27.1. The molecule has 1 aliphatic heterocycles. The lowest BCUT2D eigenvalue weighted by atomic mass is 10.3. The molecule has 2 heterocycles. The molecule has 1 aliphatic rings. The number of sulfonamides is 1. The molecule has 0 atom stereocenters. The first-order chi connectivity index (χ1) is 13.4. The fraction of sp³-hybridized carbons (Fsp3) is 0.294. The van der Waals surface area contributed by atoms with Crippen molar-refractivity contribution in [3.05, 3.63) is 45.6 Å². The SMILES string of the molecule is O=C(CNC(=O)c1sccc1S(=O)(=O)N1CCSCC1)Nc1ccc(Cl)cc1. The monoisotopic (exact) mass is 459 g/mol. The standard InChI is InChI=1S/C17H18ClN3O4S3/c18-12-1-3-13(4-2-12)20-15(22)11-19-17(23)16-14(5-8-27-16)28(24,25)21-6-9-26-10-7-21/h1-5,8H,6-7,9-11H2,(H,19,23)(H,20,22). The lowest BCUT2D eigenvalue weighted by Gasteiger charge is -2.25. The van der Waals surface area contributed by atoms with Crippen molar-refractivity contribution in [3.63, 3.8) is 0 Å². The maximum Gasteiger partial charge on any atom is 0.263 e. The summed E-state index contributed by atoms with van der Waals surface area (Å²) in [7, 11) is -3.73. The molecule has 0 unspecified atom stereocenters. The van der Waals surface area contributed by atoms with Crippen LogP contribution in [0.25, 0.3) is 0 Å². The van der Waals surface area contributed by atoms with Gasteiger partial charge in [-0.2, -0.15) is 16.1 Å². The third kappa shape index (κ3) is 5.06. The van der Waals surface area contributed by atoms with Crippen LogP contribution in [0.3, 0.4) is 0 Å². The van der Waals surface area contributed by atoms with E-state index in [2.05, 4.69) is 10.6 Å². The van der Waals surface area contributed by atoms with Gasteiger partial charge in [0.15, 0.2) is 0 Å². The van der Waals surface area contributed by atoms with Crippen LogP contribution in [0.2, 0.25) is 5.02 Å². The Kier molecular flexibility index (Phi) is 7.00. The Bertz CT molecular complexity index is 954. The summed E-state index contributed by atoms with van der Waals surface area (Å²) in [5.41, 5.74) is 0.547. The molecule has 7 nitrogen and oxygen atoms in total. The van der Waals surface area contributed by atoms with Crippen molar-refractivity contribution in [3.8, 4) is 0 Å². The molecule has 11 heteroatoms. The zero-order valence-electron chi connectivity index (χ0n) is 14.7. The number of hydrogen-bond donors (Lipinski definition) is 2. The maximum absolute atomic E-state index is 12.8. The van der Waals surface area contributed by atoms with Crippen LogP contribution in [-0.4, -0.2) is 55.7 Å². The second-order valence-corrected chi connectivity index (χ2v) is 10.4. The van der Waals surface area contributed by atoms with Gasteiger partial charge in [-0.15, -0.1) is 11.3 Å². The van der Waals surface area contributed by atoms with Crippen LogP contribution >= 0.6 is 34.7 Å². The van der Waals surface area contributed by atoms with E-state index in [0.29, 0.717) is 23.8 Å². The molecule has 1 aromatic heterocycles. The molecule has 1 fully saturated rings. The largest absolute Gasteiger partial charge is 0.342 e. The van der Waals surface area contributed by atoms with Crippen molar-refractivity contribution in [1.29, 1.82) is 0 Å². The van der Waals surface area contributed by atoms with Crippen molar-refractivity contribution in [2.75, 3.05) is 36.5 Å². The van der Waals surface area contributed by atoms with Crippen LogP contribution in [0.4, 0.5) is 5.69 Å². The van der Waals surface area contributed by atoms with Gasteiger partial charge in [-0.25, -0.2) is 8.42 Å². The topological polar surface area (TPSA) is 95.6 Å². The molecule has 1 aromatic carbocycles. The minimum atomic E-state index is -3.73. The fourth-order valence-corrected chi connectivity index (χ4v) is 6.59. The third-order valence-electron chi connectivity index (χ3n) is 3.96. The van der Waals surface area contributed by atoms with Crippen molar-refractivity contribution in [1.82, 2.24) is 9.62 Å². The van der Waals surface area contributed by atoms with Crippen molar-refractivity contribution in [2.24, 2.45) is 0 Å². The van der Waals surface area contributed by atoms with Gasteiger partial charge in [0, 0.05) is 35.3 Å². The highest BCUT2D eigenvalue weighted by Crippen LogP contribution is 2.27. The van der Waals surface area contributed by atoms with E-state index in [9.17, 15) is 18.0 Å². The first kappa shape index (κ1) is 21.1. The summed E-state index contributed by atoms with van der Waals surface area (Å²) in [6.45, 7) is 0.569. The number of thiophene rings is 1. The van der Waals surface area contributed by atoms with Gasteiger partial charge in [-0.3, -0.25) is 9.59 Å². The van der Waals surface area contributed by atoms with Gasteiger partial charge in [-0.1, -0.05) is 11.6 Å². The summed E-state index contributed by atoms with van der Waals surface area (Å²) >= 11 is 8.53. The molecule has 0 bridgehead atoms. The smallest absolute Gasteiger partial charge is 0.263 e. The molecule has 0 radical (unpaired) electrons. The van der Waals surface area contributed by atoms with Crippen LogP contribution in [0.5, 0.6) is 0 Å². The van der Waals surface area contributed by atoms with E-state index in [1.807, 2.05) is 0 Å². The van der Waals surface area contributed by atoms with E-state index in [4.69, 9.17) is 11.6 Å². The average molecular weight is 460 g/mol. The molecule has 0 aliphatic carbocycles. The predicted molar refractivity (Wildman–Crippen MR) is 113 cm³/mol. The van der Waals surface area contributed by atoms with Gasteiger partial charge in [0.2, 0.25) is 15.9 Å². The number of carbonyl (C=O) groups is 2. The number of nitrogens with zero attached hydrogens (tertiary/aromatic N) is 1. The van der Waals surface area contributed by atoms with Gasteiger partial charge in [-0.05, 0) is 35.7 Å². The van der Waals surface area contributed by atoms with Crippen molar-refractivity contribution < 1.29 is 18.0 Å². The van der Waals surface area contributed by atoms with Crippen LogP contribution in [0.15, 0.2) is 40.6 Å². The number of benzene rings is 1. The Morgan fingerprint density at radius 2 is 1.79 bits per heavy atom. The van der Waals surface area contributed by atoms with E-state index in [0.717, 1.165) is 22.8 Å². The molecule has 2 aromatic rings. The molecule has 150 valence electrons. The highest BCUT2D eigenvalue weighted by Gasteiger charge is 2.31. The second-order valence-electron chi connectivity index (χ2n) is 5.87. The lowest BCUT2D eigenvalue weighted by Crippen LogP contribution is -2.39. The number of halogens is 1. The fourth-order valence-electron chi connectivity index (χ4n) is 2.57. The van der Waals surface area contributed by atoms with Gasteiger partial charge < -0.3 is 10.6 Å². The van der Waals surface area contributed by atoms with Crippen molar-refractivity contribution >= 4 is 62.2 Å². The zero-order valence-corrected chi connectivity index (χ0v) is 17.9. The minimum Gasteiger partial charge on any atom is -0.342 e. The number of amides is 2. The maximum atomic E-state index is 12.8. The first-order valence-electron chi connectivity index (χ1n) is 8.37. The Morgan fingerprint density at radius 3 is 2.46 bits per heavy atom. The molecule has 0 spiro atoms. The average Bonchev–Trinajstić information content (AvgIpc) is 3.19. The summed E-state index contributed by atoms with van der Waals surface area (Å²) in [5.74, 6) is 0.446. The number of rotatable bonds is 6. The highest BCUT2D eigenvalue weighted by atomic mass is 35.5.